The fourth-order valence-corrected chi connectivity index (χ4v) is 5.65. The molecule has 0 aliphatic carbocycles. The Morgan fingerprint density at radius 2 is 1.69 bits per heavy atom. The fraction of sp³-hybridized carbons (Fsp3) is 0.318. The quantitative estimate of drug-likeness (QED) is 0.517. The molecule has 8 nitrogen and oxygen atoms in total. The van der Waals surface area contributed by atoms with Gasteiger partial charge in [0.05, 0.1) is 16.9 Å². The van der Waals surface area contributed by atoms with Gasteiger partial charge in [-0.2, -0.15) is 17.5 Å². The standard InChI is InChI=1S/C22H24F3N3O5S2/c1-2-34(30,31)26-14-17-11-12-28(15-17)35(32,33)20-9-3-16(4-10-20)13-21(29)27-19-7-5-18(6-8-19)22(23,24)25/h2-10,17,26H,1,11-15H2,(H,27,29)/t17-/m1/s1. The van der Waals surface area contributed by atoms with Gasteiger partial charge in [-0.15, -0.1) is 0 Å². The molecule has 2 aromatic rings. The summed E-state index contributed by atoms with van der Waals surface area (Å²) in [4.78, 5) is 12.3. The highest BCUT2D eigenvalue weighted by Crippen LogP contribution is 2.30. The number of sulfonamides is 2. The van der Waals surface area contributed by atoms with Gasteiger partial charge >= 0.3 is 6.18 Å². The minimum absolute atomic E-state index is 0.0386. The second-order valence-corrected chi connectivity index (χ2v) is 11.7. The molecule has 1 heterocycles. The molecule has 1 saturated heterocycles. The molecule has 0 radical (unpaired) electrons. The summed E-state index contributed by atoms with van der Waals surface area (Å²) in [5, 5.41) is 3.30. The number of benzene rings is 2. The Kier molecular flexibility index (Phi) is 8.04. The van der Waals surface area contributed by atoms with Crippen LogP contribution in [0, 0.1) is 5.92 Å². The lowest BCUT2D eigenvalue weighted by Crippen LogP contribution is -2.32. The van der Waals surface area contributed by atoms with E-state index < -0.39 is 37.7 Å². The Bertz CT molecular complexity index is 1280. The predicted molar refractivity (Wildman–Crippen MR) is 124 cm³/mol. The van der Waals surface area contributed by atoms with Gasteiger partial charge in [0.1, 0.15) is 0 Å². The van der Waals surface area contributed by atoms with Gasteiger partial charge in [-0.05, 0) is 54.3 Å². The smallest absolute Gasteiger partial charge is 0.326 e. The summed E-state index contributed by atoms with van der Waals surface area (Å²) >= 11 is 0. The molecule has 190 valence electrons. The molecular weight excluding hydrogens is 507 g/mol. The molecule has 35 heavy (non-hydrogen) atoms. The summed E-state index contributed by atoms with van der Waals surface area (Å²) in [6.07, 6.45) is -4.07. The lowest BCUT2D eigenvalue weighted by Gasteiger charge is -2.17. The van der Waals surface area contributed by atoms with E-state index >= 15 is 0 Å². The van der Waals surface area contributed by atoms with E-state index in [1.807, 2.05) is 0 Å². The molecule has 0 unspecified atom stereocenters. The van der Waals surface area contributed by atoms with E-state index in [-0.39, 0.29) is 42.6 Å². The number of carbonyl (C=O) groups excluding carboxylic acids is 1. The van der Waals surface area contributed by atoms with Crippen molar-refractivity contribution >= 4 is 31.6 Å². The van der Waals surface area contributed by atoms with Crippen LogP contribution in [0.1, 0.15) is 17.5 Å². The Morgan fingerprint density at radius 3 is 2.26 bits per heavy atom. The molecule has 1 fully saturated rings. The first kappa shape index (κ1) is 26.9. The van der Waals surface area contributed by atoms with Crippen molar-refractivity contribution in [2.24, 2.45) is 5.92 Å². The SMILES string of the molecule is C=CS(=O)(=O)NC[C@H]1CCN(S(=O)(=O)c2ccc(CC(=O)Nc3ccc(C(F)(F)F)cc3)cc2)C1. The van der Waals surface area contributed by atoms with E-state index in [0.717, 1.165) is 29.7 Å². The third-order valence-corrected chi connectivity index (χ3v) is 8.35. The lowest BCUT2D eigenvalue weighted by atomic mass is 10.1. The normalized spacial score (nSPS) is 17.3. The monoisotopic (exact) mass is 531 g/mol. The lowest BCUT2D eigenvalue weighted by molar-refractivity contribution is -0.137. The van der Waals surface area contributed by atoms with E-state index in [1.54, 1.807) is 0 Å². The van der Waals surface area contributed by atoms with Crippen LogP contribution in [0.15, 0.2) is 65.4 Å². The number of alkyl halides is 3. The van der Waals surface area contributed by atoms with Gasteiger partial charge in [-0.25, -0.2) is 21.6 Å². The van der Waals surface area contributed by atoms with Crippen LogP contribution in [0.4, 0.5) is 18.9 Å². The van der Waals surface area contributed by atoms with E-state index in [9.17, 15) is 34.8 Å². The van der Waals surface area contributed by atoms with Crippen molar-refractivity contribution in [2.75, 3.05) is 25.0 Å². The van der Waals surface area contributed by atoms with Crippen LogP contribution < -0.4 is 10.0 Å². The summed E-state index contributed by atoms with van der Waals surface area (Å²) in [6, 6.07) is 9.78. The number of amides is 1. The highest BCUT2D eigenvalue weighted by atomic mass is 32.2. The number of rotatable bonds is 9. The fourth-order valence-electron chi connectivity index (χ4n) is 3.54. The summed E-state index contributed by atoms with van der Waals surface area (Å²) in [7, 11) is -7.38. The number of nitrogens with zero attached hydrogens (tertiary/aromatic N) is 1. The molecule has 1 aliphatic rings. The highest BCUT2D eigenvalue weighted by Gasteiger charge is 2.33. The first-order valence-electron chi connectivity index (χ1n) is 10.5. The molecular formula is C22H24F3N3O5S2. The van der Waals surface area contributed by atoms with Gasteiger partial charge < -0.3 is 5.32 Å². The first-order chi connectivity index (χ1) is 16.3. The van der Waals surface area contributed by atoms with Crippen LogP contribution in [0.5, 0.6) is 0 Å². The third-order valence-electron chi connectivity index (χ3n) is 5.46. The van der Waals surface area contributed by atoms with E-state index in [2.05, 4.69) is 16.6 Å². The maximum atomic E-state index is 12.9. The number of hydrogen-bond donors (Lipinski definition) is 2. The van der Waals surface area contributed by atoms with Crippen molar-refractivity contribution in [1.29, 1.82) is 0 Å². The van der Waals surface area contributed by atoms with Gasteiger partial charge in [0, 0.05) is 30.7 Å². The Morgan fingerprint density at radius 1 is 1.06 bits per heavy atom. The van der Waals surface area contributed by atoms with Gasteiger partial charge in [0.2, 0.25) is 26.0 Å². The van der Waals surface area contributed by atoms with Crippen molar-refractivity contribution in [3.63, 3.8) is 0 Å². The first-order valence-corrected chi connectivity index (χ1v) is 13.5. The molecule has 13 heteroatoms. The molecule has 2 aromatic carbocycles. The highest BCUT2D eigenvalue weighted by molar-refractivity contribution is 7.92. The molecule has 1 amide bonds. The van der Waals surface area contributed by atoms with Crippen molar-refractivity contribution in [2.45, 2.75) is 23.9 Å². The van der Waals surface area contributed by atoms with Crippen LogP contribution in [0.25, 0.3) is 0 Å². The van der Waals surface area contributed by atoms with Crippen LogP contribution in [0.2, 0.25) is 0 Å². The van der Waals surface area contributed by atoms with Gasteiger partial charge in [0.15, 0.2) is 0 Å². The summed E-state index contributed by atoms with van der Waals surface area (Å²) in [5.74, 6) is -0.641. The number of halogens is 3. The van der Waals surface area contributed by atoms with Crippen LogP contribution >= 0.6 is 0 Å². The Labute approximate surface area is 201 Å². The maximum absolute atomic E-state index is 12.9. The van der Waals surface area contributed by atoms with Gasteiger partial charge in [0.25, 0.3) is 0 Å². The number of anilines is 1. The molecule has 0 spiro atoms. The van der Waals surface area contributed by atoms with E-state index in [1.165, 1.54) is 28.6 Å². The van der Waals surface area contributed by atoms with Crippen LogP contribution in [-0.4, -0.2) is 46.7 Å². The molecule has 0 bridgehead atoms. The number of nitrogens with one attached hydrogen (secondary N) is 2. The van der Waals surface area contributed by atoms with Gasteiger partial charge in [-0.3, -0.25) is 4.79 Å². The Balaban J connectivity index is 1.57. The second-order valence-electron chi connectivity index (χ2n) is 8.02. The van der Waals surface area contributed by atoms with Crippen molar-refractivity contribution in [3.8, 4) is 0 Å². The van der Waals surface area contributed by atoms with Crippen LogP contribution in [0.3, 0.4) is 0 Å². The van der Waals surface area contributed by atoms with E-state index in [0.29, 0.717) is 12.0 Å². The summed E-state index contributed by atoms with van der Waals surface area (Å²) < 4.78 is 90.4. The van der Waals surface area contributed by atoms with Crippen LogP contribution in [-0.2, 0) is 37.4 Å². The minimum Gasteiger partial charge on any atom is -0.326 e. The topological polar surface area (TPSA) is 113 Å². The zero-order chi connectivity index (χ0) is 25.9. The van der Waals surface area contributed by atoms with Gasteiger partial charge in [-0.1, -0.05) is 18.7 Å². The van der Waals surface area contributed by atoms with E-state index in [4.69, 9.17) is 0 Å². The zero-order valence-corrected chi connectivity index (χ0v) is 20.1. The van der Waals surface area contributed by atoms with Crippen molar-refractivity contribution < 1.29 is 34.8 Å². The summed E-state index contributed by atoms with van der Waals surface area (Å²) in [6.45, 7) is 3.73. The minimum atomic E-state index is -4.47. The molecule has 1 aliphatic heterocycles. The largest absolute Gasteiger partial charge is 0.416 e. The third kappa shape index (κ3) is 7.13. The average Bonchev–Trinajstić information content (AvgIpc) is 3.28. The average molecular weight is 532 g/mol. The zero-order valence-electron chi connectivity index (χ0n) is 18.5. The van der Waals surface area contributed by atoms with Crippen molar-refractivity contribution in [1.82, 2.24) is 9.03 Å². The molecule has 2 N–H and O–H groups in total. The summed E-state index contributed by atoms with van der Waals surface area (Å²) in [5.41, 5.74) is -0.0951. The molecule has 0 saturated carbocycles. The molecule has 3 rings (SSSR count). The Hall–Kier alpha value is -2.74. The number of hydrogen-bond acceptors (Lipinski definition) is 5. The molecule has 0 aromatic heterocycles. The predicted octanol–water partition coefficient (Wildman–Crippen LogP) is 2.96. The second kappa shape index (κ2) is 10.5. The molecule has 1 atom stereocenters. The number of carbonyl (C=O) groups is 1. The van der Waals surface area contributed by atoms with Crippen molar-refractivity contribution in [3.05, 3.63) is 71.6 Å². The maximum Gasteiger partial charge on any atom is 0.416 e.